The van der Waals surface area contributed by atoms with E-state index in [1.807, 2.05) is 19.1 Å². The lowest BCUT2D eigenvalue weighted by molar-refractivity contribution is 0.460. The summed E-state index contributed by atoms with van der Waals surface area (Å²) in [7, 11) is 0. The second kappa shape index (κ2) is 13.3. The van der Waals surface area contributed by atoms with Crippen LogP contribution in [0.25, 0.3) is 0 Å². The number of phenols is 1. The minimum Gasteiger partial charge on any atom is -0.508 e. The van der Waals surface area contributed by atoms with Crippen molar-refractivity contribution in [3.63, 3.8) is 0 Å². The summed E-state index contributed by atoms with van der Waals surface area (Å²) >= 11 is 0. The predicted molar refractivity (Wildman–Crippen MR) is 141 cm³/mol. The molecule has 3 aromatic carbocycles. The zero-order valence-corrected chi connectivity index (χ0v) is 21.0. The first-order chi connectivity index (χ1) is 16.5. The monoisotopic (exact) mass is 461 g/mol. The number of phenolic OH excluding ortho intramolecular Hbond substituents is 1. The number of nitrogens with one attached hydrogen (secondary N) is 1. The minimum atomic E-state index is -0.171. The average molecular weight is 462 g/mol. The summed E-state index contributed by atoms with van der Waals surface area (Å²) in [6, 6.07) is 21.6. The molecule has 1 atom stereocenters. The number of rotatable bonds is 7. The van der Waals surface area contributed by atoms with Gasteiger partial charge in [0.05, 0.1) is 0 Å². The topological polar surface area (TPSA) is 32.3 Å². The molecule has 0 aromatic heterocycles. The number of aromatic hydroxyl groups is 1. The van der Waals surface area contributed by atoms with Crippen LogP contribution in [-0.2, 0) is 12.8 Å². The van der Waals surface area contributed by atoms with Gasteiger partial charge in [0.2, 0.25) is 0 Å². The van der Waals surface area contributed by atoms with E-state index in [1.54, 1.807) is 12.1 Å². The molecular weight excluding hydrogens is 421 g/mol. The highest BCUT2D eigenvalue weighted by molar-refractivity contribution is 5.38. The molecule has 2 N–H and O–H groups in total. The summed E-state index contributed by atoms with van der Waals surface area (Å²) in [5.74, 6) is 1.40. The Morgan fingerprint density at radius 1 is 0.971 bits per heavy atom. The molecule has 0 bridgehead atoms. The lowest BCUT2D eigenvalue weighted by Crippen LogP contribution is -2.26. The normalized spacial score (nSPS) is 14.8. The number of aryl methyl sites for hydroxylation is 2. The average Bonchev–Trinajstić information content (AvgIpc) is 2.86. The number of benzene rings is 3. The summed E-state index contributed by atoms with van der Waals surface area (Å²) in [4.78, 5) is 0. The first-order valence-corrected chi connectivity index (χ1v) is 12.8. The van der Waals surface area contributed by atoms with Crippen molar-refractivity contribution in [2.24, 2.45) is 0 Å². The fourth-order valence-corrected chi connectivity index (χ4v) is 4.73. The first-order valence-electron chi connectivity index (χ1n) is 12.8. The molecule has 1 aliphatic heterocycles. The third-order valence-corrected chi connectivity index (χ3v) is 6.80. The molecule has 0 spiro atoms. The summed E-state index contributed by atoms with van der Waals surface area (Å²) in [5.41, 5.74) is 6.69. The Balaban J connectivity index is 0.000000343. The van der Waals surface area contributed by atoms with Crippen LogP contribution >= 0.6 is 0 Å². The fourth-order valence-electron chi connectivity index (χ4n) is 4.73. The van der Waals surface area contributed by atoms with Gasteiger partial charge in [0.1, 0.15) is 11.6 Å². The lowest BCUT2D eigenvalue weighted by atomic mass is 9.86. The Kier molecular flexibility index (Phi) is 10.2. The zero-order valence-electron chi connectivity index (χ0n) is 21.0. The zero-order chi connectivity index (χ0) is 24.3. The molecule has 1 saturated heterocycles. The minimum absolute atomic E-state index is 0.171. The Labute approximate surface area is 205 Å². The van der Waals surface area contributed by atoms with Crippen molar-refractivity contribution in [1.82, 2.24) is 5.32 Å². The van der Waals surface area contributed by atoms with Gasteiger partial charge in [-0.3, -0.25) is 0 Å². The van der Waals surface area contributed by atoms with E-state index in [-0.39, 0.29) is 5.82 Å². The van der Waals surface area contributed by atoms with Crippen LogP contribution in [-0.4, -0.2) is 18.2 Å². The highest BCUT2D eigenvalue weighted by Gasteiger charge is 2.16. The molecule has 3 heteroatoms. The Morgan fingerprint density at radius 2 is 1.65 bits per heavy atom. The molecule has 1 heterocycles. The first kappa shape index (κ1) is 26.0. The molecule has 2 nitrogen and oxygen atoms in total. The van der Waals surface area contributed by atoms with Crippen LogP contribution in [0, 0.1) is 12.7 Å². The van der Waals surface area contributed by atoms with Crippen LogP contribution in [0.1, 0.15) is 79.2 Å². The maximum Gasteiger partial charge on any atom is 0.123 e. The van der Waals surface area contributed by atoms with Crippen LogP contribution < -0.4 is 5.32 Å². The summed E-state index contributed by atoms with van der Waals surface area (Å²) in [5, 5.41) is 13.3. The Bertz CT molecular complexity index is 970. The largest absolute Gasteiger partial charge is 0.508 e. The second-order valence-electron chi connectivity index (χ2n) is 9.65. The van der Waals surface area contributed by atoms with E-state index in [4.69, 9.17) is 0 Å². The van der Waals surface area contributed by atoms with Gasteiger partial charge >= 0.3 is 0 Å². The molecule has 4 rings (SSSR count). The van der Waals surface area contributed by atoms with Crippen molar-refractivity contribution >= 4 is 0 Å². The SMILES string of the molecule is CCCCc1cc(O)ccc1C(C)Cc1ccc(C2CCNCC2)cc1.Cc1ccc(F)cc1. The number of hydrogen-bond acceptors (Lipinski definition) is 2. The molecule has 3 aromatic rings. The fraction of sp³-hybridized carbons (Fsp3) is 0.419. The lowest BCUT2D eigenvalue weighted by Gasteiger charge is -2.23. The Morgan fingerprint density at radius 3 is 2.26 bits per heavy atom. The molecule has 182 valence electrons. The number of halogens is 1. The van der Waals surface area contributed by atoms with E-state index >= 15 is 0 Å². The Hall–Kier alpha value is -2.65. The van der Waals surface area contributed by atoms with Gasteiger partial charge < -0.3 is 10.4 Å². The molecule has 0 saturated carbocycles. The van der Waals surface area contributed by atoms with Gasteiger partial charge in [0, 0.05) is 0 Å². The van der Waals surface area contributed by atoms with Gasteiger partial charge in [-0.25, -0.2) is 4.39 Å². The van der Waals surface area contributed by atoms with Crippen molar-refractivity contribution < 1.29 is 9.50 Å². The highest BCUT2D eigenvalue weighted by Crippen LogP contribution is 2.29. The molecule has 1 aliphatic rings. The van der Waals surface area contributed by atoms with Gasteiger partial charge in [-0.1, -0.05) is 68.3 Å². The van der Waals surface area contributed by atoms with Gasteiger partial charge in [-0.2, -0.15) is 0 Å². The van der Waals surface area contributed by atoms with Crippen LogP contribution in [0.2, 0.25) is 0 Å². The number of piperidine rings is 1. The van der Waals surface area contributed by atoms with Crippen LogP contribution in [0.5, 0.6) is 5.75 Å². The molecular formula is C31H40FNO. The van der Waals surface area contributed by atoms with Gasteiger partial charge in [-0.15, -0.1) is 0 Å². The molecule has 1 unspecified atom stereocenters. The molecule has 1 fully saturated rings. The van der Waals surface area contributed by atoms with E-state index in [1.165, 1.54) is 60.1 Å². The van der Waals surface area contributed by atoms with Crippen molar-refractivity contribution in [3.05, 3.63) is 100 Å². The molecule has 0 amide bonds. The second-order valence-corrected chi connectivity index (χ2v) is 9.65. The van der Waals surface area contributed by atoms with Crippen molar-refractivity contribution in [2.75, 3.05) is 13.1 Å². The van der Waals surface area contributed by atoms with Gasteiger partial charge in [0.15, 0.2) is 0 Å². The van der Waals surface area contributed by atoms with Gasteiger partial charge in [-0.05, 0) is 110 Å². The number of unbranched alkanes of at least 4 members (excludes halogenated alkanes) is 1. The third kappa shape index (κ3) is 7.99. The van der Waals surface area contributed by atoms with E-state index in [2.05, 4.69) is 49.5 Å². The molecule has 0 aliphatic carbocycles. The quantitative estimate of drug-likeness (QED) is 0.378. The summed E-state index contributed by atoms with van der Waals surface area (Å²) < 4.78 is 12.1. The van der Waals surface area contributed by atoms with Gasteiger partial charge in [0.25, 0.3) is 0 Å². The van der Waals surface area contributed by atoms with E-state index < -0.39 is 0 Å². The predicted octanol–water partition coefficient (Wildman–Crippen LogP) is 7.68. The maximum atomic E-state index is 12.1. The smallest absolute Gasteiger partial charge is 0.123 e. The summed E-state index contributed by atoms with van der Waals surface area (Å²) in [6.45, 7) is 8.74. The van der Waals surface area contributed by atoms with E-state index in [0.717, 1.165) is 37.4 Å². The standard InChI is InChI=1S/C24H33NO.C7H7F/c1-3-4-5-22-17-23(26)10-11-24(22)18(2)16-19-6-8-20(9-7-19)21-12-14-25-15-13-21;1-6-2-4-7(8)5-3-6/h6-11,17-18,21,25-26H,3-5,12-16H2,1-2H3;2-5H,1H3. The van der Waals surface area contributed by atoms with E-state index in [9.17, 15) is 9.50 Å². The summed E-state index contributed by atoms with van der Waals surface area (Å²) in [6.07, 6.45) is 6.97. The maximum absolute atomic E-state index is 12.1. The van der Waals surface area contributed by atoms with Crippen molar-refractivity contribution in [1.29, 1.82) is 0 Å². The van der Waals surface area contributed by atoms with Crippen molar-refractivity contribution in [3.8, 4) is 5.75 Å². The van der Waals surface area contributed by atoms with Crippen LogP contribution in [0.15, 0.2) is 66.7 Å². The third-order valence-electron chi connectivity index (χ3n) is 6.80. The number of hydrogen-bond donors (Lipinski definition) is 2. The van der Waals surface area contributed by atoms with Crippen molar-refractivity contribution in [2.45, 2.75) is 71.1 Å². The molecule has 34 heavy (non-hydrogen) atoms. The van der Waals surface area contributed by atoms with Crippen LogP contribution in [0.3, 0.4) is 0 Å². The van der Waals surface area contributed by atoms with E-state index in [0.29, 0.717) is 11.7 Å². The highest BCUT2D eigenvalue weighted by atomic mass is 19.1. The van der Waals surface area contributed by atoms with Crippen LogP contribution in [0.4, 0.5) is 4.39 Å². The molecule has 0 radical (unpaired) electrons.